The van der Waals surface area contributed by atoms with Gasteiger partial charge in [-0.25, -0.2) is 4.79 Å². The Morgan fingerprint density at radius 2 is 2.33 bits per heavy atom. The maximum atomic E-state index is 11.9. The molecule has 2 saturated heterocycles. The normalized spacial score (nSPS) is 30.8. The maximum absolute atomic E-state index is 11.9. The van der Waals surface area contributed by atoms with Crippen molar-refractivity contribution >= 4 is 17.9 Å². The molecule has 3 atom stereocenters. The van der Waals surface area contributed by atoms with E-state index >= 15 is 0 Å². The van der Waals surface area contributed by atoms with Crippen LogP contribution in [0.4, 0.5) is 4.79 Å². The minimum Gasteiger partial charge on any atom is -0.453 e. The Balaban J connectivity index is 2.05. The number of fused-ring (bicyclic) bond motifs is 1. The van der Waals surface area contributed by atoms with Crippen LogP contribution in [0.25, 0.3) is 0 Å². The average molecular weight is 257 g/mol. The van der Waals surface area contributed by atoms with Crippen LogP contribution >= 0.6 is 0 Å². The van der Waals surface area contributed by atoms with E-state index in [4.69, 9.17) is 5.11 Å². The van der Waals surface area contributed by atoms with Crippen molar-refractivity contribution in [2.45, 2.75) is 24.5 Å². The van der Waals surface area contributed by atoms with Gasteiger partial charge in [-0.1, -0.05) is 0 Å². The van der Waals surface area contributed by atoms with Gasteiger partial charge in [-0.3, -0.25) is 9.59 Å². The molecule has 0 bridgehead atoms. The van der Waals surface area contributed by atoms with Gasteiger partial charge in [0.25, 0.3) is 0 Å². The number of methoxy groups -OCH3 is 1. The molecule has 2 aliphatic heterocycles. The van der Waals surface area contributed by atoms with Crippen LogP contribution in [0.1, 0.15) is 6.42 Å². The van der Waals surface area contributed by atoms with E-state index in [1.807, 2.05) is 0 Å². The van der Waals surface area contributed by atoms with Crippen molar-refractivity contribution in [2.75, 3.05) is 20.3 Å². The summed E-state index contributed by atoms with van der Waals surface area (Å²) in [7, 11) is 1.25. The van der Waals surface area contributed by atoms with E-state index in [2.05, 4.69) is 15.4 Å². The first kappa shape index (κ1) is 12.6. The van der Waals surface area contributed by atoms with E-state index in [0.29, 0.717) is 6.42 Å². The smallest absolute Gasteiger partial charge is 0.407 e. The SMILES string of the molecule is COC(=O)N[C@H]1C[C@H]2C(=O)N[C@H](CO)C(=O)N2C1. The van der Waals surface area contributed by atoms with Crippen LogP contribution in [0.2, 0.25) is 0 Å². The molecule has 0 aromatic heterocycles. The van der Waals surface area contributed by atoms with E-state index in [-0.39, 0.29) is 24.4 Å². The molecule has 2 heterocycles. The van der Waals surface area contributed by atoms with Crippen LogP contribution in [0.15, 0.2) is 0 Å². The topological polar surface area (TPSA) is 108 Å². The fourth-order valence-electron chi connectivity index (χ4n) is 2.31. The number of rotatable bonds is 2. The Bertz CT molecular complexity index is 386. The minimum absolute atomic E-state index is 0.252. The number of alkyl carbamates (subject to hydrolysis) is 1. The lowest BCUT2D eigenvalue weighted by Gasteiger charge is -2.33. The third-order valence-electron chi connectivity index (χ3n) is 3.19. The number of amides is 3. The van der Waals surface area contributed by atoms with Crippen LogP contribution in [0.3, 0.4) is 0 Å². The third kappa shape index (κ3) is 2.10. The number of piperazine rings is 1. The van der Waals surface area contributed by atoms with Gasteiger partial charge in [-0.15, -0.1) is 0 Å². The predicted molar refractivity (Wildman–Crippen MR) is 58.5 cm³/mol. The number of carbonyl (C=O) groups is 3. The zero-order valence-corrected chi connectivity index (χ0v) is 9.88. The number of hydrogen-bond acceptors (Lipinski definition) is 5. The highest BCUT2D eigenvalue weighted by Gasteiger charge is 2.46. The van der Waals surface area contributed by atoms with Crippen molar-refractivity contribution in [3.8, 4) is 0 Å². The summed E-state index contributed by atoms with van der Waals surface area (Å²) in [6, 6.07) is -1.78. The largest absolute Gasteiger partial charge is 0.453 e. The zero-order valence-electron chi connectivity index (χ0n) is 9.88. The second-order valence-electron chi connectivity index (χ2n) is 4.32. The quantitative estimate of drug-likeness (QED) is 0.520. The van der Waals surface area contributed by atoms with Crippen molar-refractivity contribution in [1.29, 1.82) is 0 Å². The highest BCUT2D eigenvalue weighted by Crippen LogP contribution is 2.22. The van der Waals surface area contributed by atoms with Crippen LogP contribution in [0, 0.1) is 0 Å². The van der Waals surface area contributed by atoms with Crippen molar-refractivity contribution in [1.82, 2.24) is 15.5 Å². The summed E-state index contributed by atoms with van der Waals surface area (Å²) in [5.41, 5.74) is 0. The third-order valence-corrected chi connectivity index (χ3v) is 3.19. The van der Waals surface area contributed by atoms with Gasteiger partial charge in [0, 0.05) is 6.54 Å². The summed E-state index contributed by atoms with van der Waals surface area (Å²) < 4.78 is 4.47. The van der Waals surface area contributed by atoms with Gasteiger partial charge >= 0.3 is 6.09 Å². The number of carbonyl (C=O) groups excluding carboxylic acids is 3. The molecule has 100 valence electrons. The zero-order chi connectivity index (χ0) is 13.3. The number of nitrogens with zero attached hydrogens (tertiary/aromatic N) is 1. The molecule has 0 aliphatic carbocycles. The van der Waals surface area contributed by atoms with Gasteiger partial charge < -0.3 is 25.4 Å². The molecule has 3 amide bonds. The van der Waals surface area contributed by atoms with E-state index in [1.165, 1.54) is 12.0 Å². The Labute approximate surface area is 103 Å². The molecular formula is C10H15N3O5. The summed E-state index contributed by atoms with van der Waals surface area (Å²) in [5, 5.41) is 14.0. The first-order valence-corrected chi connectivity index (χ1v) is 5.63. The molecule has 18 heavy (non-hydrogen) atoms. The van der Waals surface area contributed by atoms with Gasteiger partial charge in [0.2, 0.25) is 11.8 Å². The van der Waals surface area contributed by atoms with Crippen molar-refractivity contribution in [3.05, 3.63) is 0 Å². The lowest BCUT2D eigenvalue weighted by molar-refractivity contribution is -0.148. The lowest BCUT2D eigenvalue weighted by Crippen LogP contribution is -2.62. The molecule has 0 spiro atoms. The van der Waals surface area contributed by atoms with Gasteiger partial charge in [-0.2, -0.15) is 0 Å². The van der Waals surface area contributed by atoms with Crippen LogP contribution < -0.4 is 10.6 Å². The number of aliphatic hydroxyl groups is 1. The Hall–Kier alpha value is -1.83. The van der Waals surface area contributed by atoms with E-state index in [1.54, 1.807) is 0 Å². The lowest BCUT2D eigenvalue weighted by atomic mass is 10.1. The van der Waals surface area contributed by atoms with Crippen LogP contribution in [-0.4, -0.2) is 66.3 Å². The molecule has 0 aromatic carbocycles. The first-order chi connectivity index (χ1) is 8.56. The van der Waals surface area contributed by atoms with Gasteiger partial charge in [0.05, 0.1) is 19.8 Å². The second kappa shape index (κ2) is 4.81. The fourth-order valence-corrected chi connectivity index (χ4v) is 2.31. The highest BCUT2D eigenvalue weighted by atomic mass is 16.5. The minimum atomic E-state index is -0.884. The molecule has 0 saturated carbocycles. The molecule has 2 rings (SSSR count). The molecule has 0 aromatic rings. The Kier molecular flexibility index (Phi) is 3.37. The standard InChI is InChI=1S/C10H15N3O5/c1-18-10(17)11-5-2-7-8(15)12-6(4-14)9(16)13(7)3-5/h5-7,14H,2-4H2,1H3,(H,11,17)(H,12,15)/t5-,6+,7-/m0/s1. The molecule has 8 heteroatoms. The van der Waals surface area contributed by atoms with Gasteiger partial charge in [-0.05, 0) is 6.42 Å². The number of aliphatic hydroxyl groups excluding tert-OH is 1. The molecule has 3 N–H and O–H groups in total. The van der Waals surface area contributed by atoms with Crippen molar-refractivity contribution in [2.24, 2.45) is 0 Å². The summed E-state index contributed by atoms with van der Waals surface area (Å²) in [5.74, 6) is -0.626. The fraction of sp³-hybridized carbons (Fsp3) is 0.700. The summed E-state index contributed by atoms with van der Waals surface area (Å²) in [6.07, 6.45) is -0.239. The summed E-state index contributed by atoms with van der Waals surface area (Å²) in [4.78, 5) is 36.1. The predicted octanol–water partition coefficient (Wildman–Crippen LogP) is -2.20. The maximum Gasteiger partial charge on any atom is 0.407 e. The molecule has 2 fully saturated rings. The van der Waals surface area contributed by atoms with E-state index < -0.39 is 24.8 Å². The van der Waals surface area contributed by atoms with Crippen LogP contribution in [-0.2, 0) is 14.3 Å². The molecule has 0 radical (unpaired) electrons. The van der Waals surface area contributed by atoms with Crippen LogP contribution in [0.5, 0.6) is 0 Å². The Morgan fingerprint density at radius 1 is 1.61 bits per heavy atom. The molecule has 0 unspecified atom stereocenters. The molecule has 8 nitrogen and oxygen atoms in total. The summed E-state index contributed by atoms with van der Waals surface area (Å²) >= 11 is 0. The van der Waals surface area contributed by atoms with E-state index in [9.17, 15) is 14.4 Å². The molecule has 2 aliphatic rings. The van der Waals surface area contributed by atoms with Crippen molar-refractivity contribution in [3.63, 3.8) is 0 Å². The summed E-state index contributed by atoms with van der Waals surface area (Å²) in [6.45, 7) is -0.175. The second-order valence-corrected chi connectivity index (χ2v) is 4.32. The van der Waals surface area contributed by atoms with E-state index in [0.717, 1.165) is 0 Å². The highest BCUT2D eigenvalue weighted by molar-refractivity contribution is 5.97. The van der Waals surface area contributed by atoms with Crippen molar-refractivity contribution < 1.29 is 24.2 Å². The molecular weight excluding hydrogens is 242 g/mol. The Morgan fingerprint density at radius 3 is 2.94 bits per heavy atom. The monoisotopic (exact) mass is 257 g/mol. The average Bonchev–Trinajstić information content (AvgIpc) is 2.78. The number of nitrogens with one attached hydrogen (secondary N) is 2. The number of ether oxygens (including phenoxy) is 1. The number of hydrogen-bond donors (Lipinski definition) is 3. The van der Waals surface area contributed by atoms with Gasteiger partial charge in [0.15, 0.2) is 0 Å². The first-order valence-electron chi connectivity index (χ1n) is 5.63. The van der Waals surface area contributed by atoms with Gasteiger partial charge in [0.1, 0.15) is 12.1 Å².